The summed E-state index contributed by atoms with van der Waals surface area (Å²) in [5.41, 5.74) is 1.20. The highest BCUT2D eigenvalue weighted by molar-refractivity contribution is 7.91. The van der Waals surface area contributed by atoms with E-state index in [0.29, 0.717) is 23.3 Å². The Kier molecular flexibility index (Phi) is 3.38. The fourth-order valence-electron chi connectivity index (χ4n) is 2.38. The third-order valence-corrected chi connectivity index (χ3v) is 5.66. The van der Waals surface area contributed by atoms with Crippen LogP contribution in [0.1, 0.15) is 20.3 Å². The Labute approximate surface area is 112 Å². The molecule has 5 nitrogen and oxygen atoms in total. The molecule has 104 valence electrons. The minimum atomic E-state index is -3.01. The Bertz CT molecular complexity index is 613. The van der Waals surface area contributed by atoms with Crippen LogP contribution < -0.4 is 0 Å². The van der Waals surface area contributed by atoms with Gasteiger partial charge in [0.25, 0.3) is 0 Å². The van der Waals surface area contributed by atoms with Crippen LogP contribution in [-0.2, 0) is 19.4 Å². The van der Waals surface area contributed by atoms with Gasteiger partial charge in [0.05, 0.1) is 17.2 Å². The molecular weight excluding hydrogens is 266 g/mol. The highest BCUT2D eigenvalue weighted by atomic mass is 32.2. The molecule has 0 N–H and O–H groups in total. The van der Waals surface area contributed by atoms with Crippen molar-refractivity contribution >= 4 is 21.4 Å². The summed E-state index contributed by atoms with van der Waals surface area (Å²) < 4.78 is 23.0. The molecule has 19 heavy (non-hydrogen) atoms. The molecule has 2 rings (SSSR count). The second kappa shape index (κ2) is 4.59. The minimum absolute atomic E-state index is 0.0457. The first kappa shape index (κ1) is 14.0. The molecule has 1 atom stereocenters. The molecule has 1 saturated heterocycles. The molecule has 0 aromatic carbocycles. The molecule has 1 aliphatic carbocycles. The number of nitrogens with zero attached hydrogens (tertiary/aromatic N) is 1. The lowest BCUT2D eigenvalue weighted by molar-refractivity contribution is -0.117. The van der Waals surface area contributed by atoms with E-state index in [9.17, 15) is 18.0 Å². The summed E-state index contributed by atoms with van der Waals surface area (Å²) >= 11 is 0. The number of Topliss-reactive ketones (excluding diaryl/α,β-unsaturated/α-hetero) is 1. The third kappa shape index (κ3) is 2.49. The molecule has 2 aliphatic rings. The molecule has 1 heterocycles. The lowest BCUT2D eigenvalue weighted by Gasteiger charge is -2.29. The second-order valence-corrected chi connectivity index (χ2v) is 7.37. The van der Waals surface area contributed by atoms with Gasteiger partial charge in [0, 0.05) is 30.3 Å². The molecule has 0 aromatic rings. The molecule has 1 fully saturated rings. The van der Waals surface area contributed by atoms with E-state index < -0.39 is 9.84 Å². The van der Waals surface area contributed by atoms with Crippen LogP contribution in [0.15, 0.2) is 22.9 Å². The van der Waals surface area contributed by atoms with Gasteiger partial charge >= 0.3 is 0 Å². The number of ketones is 2. The lowest BCUT2D eigenvalue weighted by atomic mass is 9.94. The molecule has 0 spiro atoms. The normalized spacial score (nSPS) is 26.7. The number of carbonyl (C=O) groups excluding carboxylic acids is 2. The Balaban J connectivity index is 2.26. The van der Waals surface area contributed by atoms with Gasteiger partial charge in [0.2, 0.25) is 5.78 Å². The lowest BCUT2D eigenvalue weighted by Crippen LogP contribution is -2.37. The van der Waals surface area contributed by atoms with Gasteiger partial charge in [-0.3, -0.25) is 9.59 Å². The molecular formula is C13H17NO4S. The molecule has 1 unspecified atom stereocenters. The maximum absolute atomic E-state index is 12.2. The van der Waals surface area contributed by atoms with Crippen LogP contribution in [0.3, 0.4) is 0 Å². The largest absolute Gasteiger partial charge is 0.367 e. The molecule has 0 radical (unpaired) electrons. The van der Waals surface area contributed by atoms with Gasteiger partial charge in [-0.2, -0.15) is 0 Å². The van der Waals surface area contributed by atoms with E-state index in [4.69, 9.17) is 0 Å². The van der Waals surface area contributed by atoms with E-state index in [2.05, 4.69) is 0 Å². The zero-order chi connectivity index (χ0) is 14.4. The number of likely N-dealkylation sites (N-methyl/N-ethyl adjacent to an activating group) is 1. The van der Waals surface area contributed by atoms with Crippen molar-refractivity contribution in [2.24, 2.45) is 0 Å². The van der Waals surface area contributed by atoms with Crippen molar-refractivity contribution in [1.29, 1.82) is 0 Å². The summed E-state index contributed by atoms with van der Waals surface area (Å²) in [4.78, 5) is 25.6. The van der Waals surface area contributed by atoms with E-state index >= 15 is 0 Å². The first-order chi connectivity index (χ1) is 8.73. The summed E-state index contributed by atoms with van der Waals surface area (Å²) in [6.07, 6.45) is 1.81. The van der Waals surface area contributed by atoms with Crippen LogP contribution in [0.25, 0.3) is 0 Å². The number of carbonyl (C=O) groups is 2. The summed E-state index contributed by atoms with van der Waals surface area (Å²) in [5.74, 6) is -0.182. The maximum atomic E-state index is 12.2. The van der Waals surface area contributed by atoms with E-state index in [0.717, 1.165) is 0 Å². The zero-order valence-corrected chi connectivity index (χ0v) is 12.1. The van der Waals surface area contributed by atoms with Crippen molar-refractivity contribution in [3.63, 3.8) is 0 Å². The average Bonchev–Trinajstić information content (AvgIpc) is 2.71. The van der Waals surface area contributed by atoms with Crippen molar-refractivity contribution in [3.8, 4) is 0 Å². The van der Waals surface area contributed by atoms with Crippen LogP contribution in [-0.4, -0.2) is 49.5 Å². The van der Waals surface area contributed by atoms with Gasteiger partial charge in [-0.15, -0.1) is 0 Å². The van der Waals surface area contributed by atoms with Crippen LogP contribution >= 0.6 is 0 Å². The molecule has 0 aromatic heterocycles. The van der Waals surface area contributed by atoms with Crippen molar-refractivity contribution < 1.29 is 18.0 Å². The van der Waals surface area contributed by atoms with E-state index in [1.807, 2.05) is 0 Å². The smallest absolute Gasteiger partial charge is 0.205 e. The minimum Gasteiger partial charge on any atom is -0.367 e. The van der Waals surface area contributed by atoms with Gasteiger partial charge in [-0.25, -0.2) is 8.42 Å². The van der Waals surface area contributed by atoms with Crippen molar-refractivity contribution in [1.82, 2.24) is 4.90 Å². The Morgan fingerprint density at radius 1 is 1.21 bits per heavy atom. The highest BCUT2D eigenvalue weighted by Crippen LogP contribution is 2.25. The monoisotopic (exact) mass is 283 g/mol. The van der Waals surface area contributed by atoms with Crippen LogP contribution in [0.2, 0.25) is 0 Å². The first-order valence-corrected chi connectivity index (χ1v) is 7.96. The topological polar surface area (TPSA) is 71.5 Å². The average molecular weight is 283 g/mol. The number of rotatable bonds is 2. The number of hydrogen-bond donors (Lipinski definition) is 0. The van der Waals surface area contributed by atoms with Crippen LogP contribution in [0.4, 0.5) is 0 Å². The van der Waals surface area contributed by atoms with Crippen LogP contribution in [0, 0.1) is 0 Å². The Morgan fingerprint density at radius 3 is 2.37 bits per heavy atom. The fraction of sp³-hybridized carbons (Fsp3) is 0.538. The van der Waals surface area contributed by atoms with Crippen molar-refractivity contribution in [2.45, 2.75) is 26.3 Å². The summed E-state index contributed by atoms with van der Waals surface area (Å²) in [6.45, 7) is 3.25. The van der Waals surface area contributed by atoms with Gasteiger partial charge in [-0.1, -0.05) is 0 Å². The third-order valence-electron chi connectivity index (χ3n) is 3.91. The Morgan fingerprint density at radius 2 is 1.84 bits per heavy atom. The van der Waals surface area contributed by atoms with E-state index in [1.165, 1.54) is 6.08 Å². The zero-order valence-electron chi connectivity index (χ0n) is 11.3. The molecule has 6 heteroatoms. The van der Waals surface area contributed by atoms with Gasteiger partial charge in [-0.05, 0) is 20.3 Å². The molecule has 0 bridgehead atoms. The standard InChI is InChI=1S/C13H17NO4S/c1-8-9(2)13(16)11(6-12(8)15)14(3)10-4-5-19(17,18)7-10/h6,10H,4-5,7H2,1-3H3. The predicted molar refractivity (Wildman–Crippen MR) is 71.3 cm³/mol. The van der Waals surface area contributed by atoms with Crippen LogP contribution in [0.5, 0.6) is 0 Å². The molecule has 1 aliphatic heterocycles. The van der Waals surface area contributed by atoms with E-state index in [-0.39, 0.29) is 29.1 Å². The summed E-state index contributed by atoms with van der Waals surface area (Å²) in [5, 5.41) is 0. The number of hydrogen-bond acceptors (Lipinski definition) is 5. The number of sulfone groups is 1. The summed E-state index contributed by atoms with van der Waals surface area (Å²) in [7, 11) is -1.33. The molecule has 0 amide bonds. The van der Waals surface area contributed by atoms with E-state index in [1.54, 1.807) is 25.8 Å². The van der Waals surface area contributed by atoms with Gasteiger partial charge in [0.15, 0.2) is 15.6 Å². The number of allylic oxidation sites excluding steroid dienone is 3. The summed E-state index contributed by atoms with van der Waals surface area (Å²) in [6, 6.07) is -0.223. The Hall–Kier alpha value is -1.43. The first-order valence-electron chi connectivity index (χ1n) is 6.14. The SMILES string of the molecule is CC1=C(C)C(=O)C(N(C)C2CCS(=O)(=O)C2)=CC1=O. The maximum Gasteiger partial charge on any atom is 0.205 e. The van der Waals surface area contributed by atoms with Gasteiger partial charge in [0.1, 0.15) is 0 Å². The highest BCUT2D eigenvalue weighted by Gasteiger charge is 2.35. The van der Waals surface area contributed by atoms with Gasteiger partial charge < -0.3 is 4.90 Å². The van der Waals surface area contributed by atoms with Crippen molar-refractivity contribution in [3.05, 3.63) is 22.9 Å². The fourth-order valence-corrected chi connectivity index (χ4v) is 4.16. The quantitative estimate of drug-likeness (QED) is 0.689. The molecule has 0 saturated carbocycles. The predicted octanol–water partition coefficient (Wildman–Crippen LogP) is 0.477. The second-order valence-electron chi connectivity index (χ2n) is 5.14. The van der Waals surface area contributed by atoms with Crippen molar-refractivity contribution in [2.75, 3.05) is 18.6 Å².